The lowest BCUT2D eigenvalue weighted by Gasteiger charge is -2.15. The molecule has 82 valence electrons. The number of hydrogen-bond acceptors (Lipinski definition) is 2. The summed E-state index contributed by atoms with van der Waals surface area (Å²) in [6.45, 7) is 0. The molecule has 0 saturated carbocycles. The first kappa shape index (κ1) is 12.0. The Balaban J connectivity index is 2.83. The van der Waals surface area contributed by atoms with E-state index in [2.05, 4.69) is 15.9 Å². The van der Waals surface area contributed by atoms with Crippen LogP contribution in [-0.4, -0.2) is 25.2 Å². The van der Waals surface area contributed by atoms with Crippen LogP contribution in [0.4, 0.5) is 5.69 Å². The van der Waals surface area contributed by atoms with Gasteiger partial charge in [-0.25, -0.2) is 0 Å². The lowest BCUT2D eigenvalue weighted by Crippen LogP contribution is -2.09. The molecule has 0 aliphatic heterocycles. The molecule has 1 N–H and O–H groups in total. The highest BCUT2D eigenvalue weighted by molar-refractivity contribution is 9.10. The summed E-state index contributed by atoms with van der Waals surface area (Å²) in [5.41, 5.74) is 2.11. The second kappa shape index (κ2) is 5.16. The van der Waals surface area contributed by atoms with Crippen molar-refractivity contribution in [1.29, 1.82) is 0 Å². The first-order chi connectivity index (χ1) is 7.00. The molecule has 15 heavy (non-hydrogen) atoms. The third kappa shape index (κ3) is 3.55. The number of anilines is 1. The van der Waals surface area contributed by atoms with Crippen molar-refractivity contribution in [2.45, 2.75) is 12.8 Å². The summed E-state index contributed by atoms with van der Waals surface area (Å²) in [5, 5.41) is 8.59. The maximum Gasteiger partial charge on any atom is 0.303 e. The molecule has 0 spiro atoms. The smallest absolute Gasteiger partial charge is 0.303 e. The third-order valence-corrected chi connectivity index (χ3v) is 2.79. The fourth-order valence-corrected chi connectivity index (χ4v) is 1.91. The predicted octanol–water partition coefficient (Wildman–Crippen LogP) is 2.53. The van der Waals surface area contributed by atoms with E-state index in [-0.39, 0.29) is 6.42 Å². The number of nitrogens with zero attached hydrogens (tertiary/aromatic N) is 1. The van der Waals surface area contributed by atoms with Crippen molar-refractivity contribution < 1.29 is 9.90 Å². The van der Waals surface area contributed by atoms with Crippen LogP contribution < -0.4 is 4.90 Å². The molecule has 0 radical (unpaired) electrons. The van der Waals surface area contributed by atoms with E-state index in [0.717, 1.165) is 15.7 Å². The first-order valence-electron chi connectivity index (χ1n) is 4.68. The Labute approximate surface area is 97.8 Å². The van der Waals surface area contributed by atoms with E-state index in [0.29, 0.717) is 6.42 Å². The molecule has 3 nitrogen and oxygen atoms in total. The van der Waals surface area contributed by atoms with Gasteiger partial charge in [0.2, 0.25) is 0 Å². The van der Waals surface area contributed by atoms with E-state index < -0.39 is 5.97 Å². The molecule has 0 aliphatic carbocycles. The SMILES string of the molecule is CN(C)c1cc(CCC(=O)O)ccc1Br. The zero-order valence-corrected chi connectivity index (χ0v) is 10.4. The zero-order chi connectivity index (χ0) is 11.4. The molecule has 1 rings (SSSR count). The molecule has 1 aromatic rings. The Kier molecular flexibility index (Phi) is 4.15. The highest BCUT2D eigenvalue weighted by Crippen LogP contribution is 2.26. The van der Waals surface area contributed by atoms with E-state index >= 15 is 0 Å². The molecule has 1 aromatic carbocycles. The number of carbonyl (C=O) groups is 1. The Morgan fingerprint density at radius 2 is 2.13 bits per heavy atom. The Hall–Kier alpha value is -1.03. The summed E-state index contributed by atoms with van der Waals surface area (Å²) in [6.07, 6.45) is 0.748. The van der Waals surface area contributed by atoms with Crippen molar-refractivity contribution >= 4 is 27.6 Å². The largest absolute Gasteiger partial charge is 0.481 e. The summed E-state index contributed by atoms with van der Waals surface area (Å²) >= 11 is 3.45. The minimum atomic E-state index is -0.760. The number of aryl methyl sites for hydroxylation is 1. The molecule has 0 atom stereocenters. The number of carboxylic acids is 1. The average molecular weight is 272 g/mol. The van der Waals surface area contributed by atoms with Gasteiger partial charge in [0.05, 0.1) is 5.69 Å². The summed E-state index contributed by atoms with van der Waals surface area (Å²) in [5.74, 6) is -0.760. The fraction of sp³-hybridized carbons (Fsp3) is 0.364. The van der Waals surface area contributed by atoms with Gasteiger partial charge in [-0.3, -0.25) is 4.79 Å². The Morgan fingerprint density at radius 1 is 1.47 bits per heavy atom. The van der Waals surface area contributed by atoms with Gasteiger partial charge < -0.3 is 10.0 Å². The van der Waals surface area contributed by atoms with Crippen molar-refractivity contribution in [3.05, 3.63) is 28.2 Å². The molecule has 0 heterocycles. The molecule has 0 aliphatic rings. The quantitative estimate of drug-likeness (QED) is 0.915. The highest BCUT2D eigenvalue weighted by Gasteiger charge is 2.05. The van der Waals surface area contributed by atoms with Gasteiger partial charge in [0.1, 0.15) is 0 Å². The molecule has 0 saturated heterocycles. The van der Waals surface area contributed by atoms with Crippen molar-refractivity contribution in [3.8, 4) is 0 Å². The lowest BCUT2D eigenvalue weighted by atomic mass is 10.1. The van der Waals surface area contributed by atoms with Crippen LogP contribution in [0.15, 0.2) is 22.7 Å². The van der Waals surface area contributed by atoms with Crippen molar-refractivity contribution in [2.24, 2.45) is 0 Å². The molecule has 0 aromatic heterocycles. The molecule has 0 amide bonds. The Morgan fingerprint density at radius 3 is 2.67 bits per heavy atom. The maximum absolute atomic E-state index is 10.4. The lowest BCUT2D eigenvalue weighted by molar-refractivity contribution is -0.136. The van der Waals surface area contributed by atoms with Gasteiger partial charge >= 0.3 is 5.97 Å². The Bertz CT molecular complexity index is 364. The van der Waals surface area contributed by atoms with Gasteiger partial charge in [-0.05, 0) is 40.0 Å². The normalized spacial score (nSPS) is 10.1. The van der Waals surface area contributed by atoms with Crippen LogP contribution in [0, 0.1) is 0 Å². The van der Waals surface area contributed by atoms with Crippen LogP contribution in [0.3, 0.4) is 0 Å². The second-order valence-electron chi connectivity index (χ2n) is 3.57. The highest BCUT2D eigenvalue weighted by atomic mass is 79.9. The van der Waals surface area contributed by atoms with Crippen molar-refractivity contribution in [3.63, 3.8) is 0 Å². The van der Waals surface area contributed by atoms with E-state index in [1.165, 1.54) is 0 Å². The van der Waals surface area contributed by atoms with Crippen molar-refractivity contribution in [1.82, 2.24) is 0 Å². The fourth-order valence-electron chi connectivity index (χ4n) is 1.31. The van der Waals surface area contributed by atoms with E-state index in [4.69, 9.17) is 5.11 Å². The van der Waals surface area contributed by atoms with E-state index in [1.807, 2.05) is 37.2 Å². The zero-order valence-electron chi connectivity index (χ0n) is 8.83. The minimum Gasteiger partial charge on any atom is -0.481 e. The first-order valence-corrected chi connectivity index (χ1v) is 5.47. The van der Waals surface area contributed by atoms with Crippen LogP contribution >= 0.6 is 15.9 Å². The number of aliphatic carboxylic acids is 1. The number of benzene rings is 1. The summed E-state index contributed by atoms with van der Waals surface area (Å²) in [4.78, 5) is 12.4. The van der Waals surface area contributed by atoms with Crippen LogP contribution in [-0.2, 0) is 11.2 Å². The van der Waals surface area contributed by atoms with Crippen LogP contribution in [0.5, 0.6) is 0 Å². The molecular formula is C11H14BrNO2. The molecular weight excluding hydrogens is 258 g/mol. The van der Waals surface area contributed by atoms with Gasteiger partial charge in [-0.1, -0.05) is 6.07 Å². The van der Waals surface area contributed by atoms with Gasteiger partial charge in [0.15, 0.2) is 0 Å². The van der Waals surface area contributed by atoms with E-state index in [1.54, 1.807) is 0 Å². The van der Waals surface area contributed by atoms with Crippen LogP contribution in [0.1, 0.15) is 12.0 Å². The monoisotopic (exact) mass is 271 g/mol. The maximum atomic E-state index is 10.4. The van der Waals surface area contributed by atoms with Crippen LogP contribution in [0.2, 0.25) is 0 Å². The van der Waals surface area contributed by atoms with Crippen LogP contribution in [0.25, 0.3) is 0 Å². The molecule has 4 heteroatoms. The third-order valence-electron chi connectivity index (χ3n) is 2.12. The molecule has 0 unspecified atom stereocenters. The van der Waals surface area contributed by atoms with Gasteiger partial charge in [-0.2, -0.15) is 0 Å². The number of hydrogen-bond donors (Lipinski definition) is 1. The van der Waals surface area contributed by atoms with Gasteiger partial charge in [0, 0.05) is 25.0 Å². The second-order valence-corrected chi connectivity index (χ2v) is 4.43. The van der Waals surface area contributed by atoms with Crippen molar-refractivity contribution in [2.75, 3.05) is 19.0 Å². The van der Waals surface area contributed by atoms with Gasteiger partial charge in [0.25, 0.3) is 0 Å². The predicted molar refractivity (Wildman–Crippen MR) is 64.4 cm³/mol. The standard InChI is InChI=1S/C11H14BrNO2/c1-13(2)10-7-8(3-5-9(10)12)4-6-11(14)15/h3,5,7H,4,6H2,1-2H3,(H,14,15). The number of halogens is 1. The number of carboxylic acid groups (broad SMARTS) is 1. The number of rotatable bonds is 4. The summed E-state index contributed by atoms with van der Waals surface area (Å²) in [7, 11) is 3.92. The topological polar surface area (TPSA) is 40.5 Å². The van der Waals surface area contributed by atoms with E-state index in [9.17, 15) is 4.79 Å². The molecule has 0 fully saturated rings. The summed E-state index contributed by atoms with van der Waals surface area (Å²) in [6, 6.07) is 5.90. The average Bonchev–Trinajstić information content (AvgIpc) is 2.16. The minimum absolute atomic E-state index is 0.175. The summed E-state index contributed by atoms with van der Waals surface area (Å²) < 4.78 is 1.02. The molecule has 0 bridgehead atoms. The van der Waals surface area contributed by atoms with Gasteiger partial charge in [-0.15, -0.1) is 0 Å².